The monoisotopic (exact) mass is 592 g/mol. The maximum Gasteiger partial charge on any atom is 0.264 e. The van der Waals surface area contributed by atoms with Crippen LogP contribution in [0, 0.1) is 5.92 Å². The number of rotatable bonds is 6. The molecule has 0 radical (unpaired) electrons. The van der Waals surface area contributed by atoms with Crippen molar-refractivity contribution in [3.63, 3.8) is 0 Å². The van der Waals surface area contributed by atoms with Crippen LogP contribution in [-0.4, -0.2) is 81.1 Å². The van der Waals surface area contributed by atoms with Crippen LogP contribution in [0.2, 0.25) is 0 Å². The van der Waals surface area contributed by atoms with E-state index in [4.69, 9.17) is 5.10 Å². The van der Waals surface area contributed by atoms with Gasteiger partial charge in [-0.25, -0.2) is 8.78 Å². The van der Waals surface area contributed by atoms with Gasteiger partial charge >= 0.3 is 0 Å². The van der Waals surface area contributed by atoms with Crippen LogP contribution >= 0.6 is 0 Å². The third-order valence-electron chi connectivity index (χ3n) is 10.0. The second kappa shape index (κ2) is 11.6. The van der Waals surface area contributed by atoms with Gasteiger partial charge in [0, 0.05) is 87.4 Å². The number of nitrogens with one attached hydrogen (secondary N) is 1. The van der Waals surface area contributed by atoms with Crippen molar-refractivity contribution in [2.45, 2.75) is 64.5 Å². The molecule has 0 saturated carbocycles. The van der Waals surface area contributed by atoms with Gasteiger partial charge in [-0.1, -0.05) is 0 Å². The highest BCUT2D eigenvalue weighted by atomic mass is 19.3. The quantitative estimate of drug-likeness (QED) is 0.456. The predicted octanol–water partition coefficient (Wildman–Crippen LogP) is 4.46. The Labute approximate surface area is 251 Å². The molecule has 9 nitrogen and oxygen atoms in total. The average Bonchev–Trinajstić information content (AvgIpc) is 3.73. The van der Waals surface area contributed by atoms with Crippen LogP contribution in [0.3, 0.4) is 0 Å². The molecule has 6 heterocycles. The number of alkyl halides is 2. The molecule has 4 aliphatic rings. The van der Waals surface area contributed by atoms with Gasteiger partial charge in [0.05, 0.1) is 18.8 Å². The molecular formula is C32H42F2N8O. The molecular weight excluding hydrogens is 550 g/mol. The average molecular weight is 593 g/mol. The molecule has 1 aromatic carbocycles. The highest BCUT2D eigenvalue weighted by molar-refractivity contribution is 5.79. The van der Waals surface area contributed by atoms with Crippen LogP contribution in [0.5, 0.6) is 0 Å². The normalized spacial score (nSPS) is 20.2. The van der Waals surface area contributed by atoms with E-state index >= 15 is 0 Å². The van der Waals surface area contributed by atoms with Gasteiger partial charge in [0.1, 0.15) is 0 Å². The molecule has 0 atom stereocenters. The third-order valence-corrected chi connectivity index (χ3v) is 10.0. The number of fused-ring (bicyclic) bond motifs is 2. The maximum atomic E-state index is 14.4. The molecule has 3 aromatic rings. The highest BCUT2D eigenvalue weighted by Crippen LogP contribution is 2.44. The number of benzene rings is 1. The van der Waals surface area contributed by atoms with Gasteiger partial charge in [0.2, 0.25) is 5.91 Å². The van der Waals surface area contributed by atoms with Crippen molar-refractivity contribution < 1.29 is 13.6 Å². The van der Waals surface area contributed by atoms with Crippen molar-refractivity contribution in [2.24, 2.45) is 13.0 Å². The summed E-state index contributed by atoms with van der Waals surface area (Å²) in [5, 5.41) is 12.9. The Balaban J connectivity index is 1.19. The van der Waals surface area contributed by atoms with Gasteiger partial charge < -0.3 is 20.0 Å². The Morgan fingerprint density at radius 3 is 2.56 bits per heavy atom. The van der Waals surface area contributed by atoms with E-state index in [1.165, 1.54) is 25.1 Å². The van der Waals surface area contributed by atoms with Gasteiger partial charge in [-0.2, -0.15) is 10.2 Å². The molecule has 11 heteroatoms. The smallest absolute Gasteiger partial charge is 0.264 e. The molecule has 0 aliphatic carbocycles. The largest absolute Gasteiger partial charge is 0.338 e. The summed E-state index contributed by atoms with van der Waals surface area (Å²) in [6, 6.07) is 3.88. The fraction of sp³-hybridized carbons (Fsp3) is 0.594. The van der Waals surface area contributed by atoms with E-state index in [1.54, 1.807) is 37.1 Å². The molecule has 4 aliphatic heterocycles. The summed E-state index contributed by atoms with van der Waals surface area (Å²) < 4.78 is 32.8. The lowest BCUT2D eigenvalue weighted by molar-refractivity contribution is -0.129. The van der Waals surface area contributed by atoms with E-state index in [-0.39, 0.29) is 11.5 Å². The zero-order valence-electron chi connectivity index (χ0n) is 25.2. The van der Waals surface area contributed by atoms with Crippen molar-refractivity contribution >= 4 is 17.4 Å². The number of hydrogen-bond donors (Lipinski definition) is 1. The molecule has 1 amide bonds. The maximum absolute atomic E-state index is 14.4. The standard InChI is InChI=1S/C32H42F2N8O/c1-21(43)40-13-8-29-28(20-40)32(37-42(29)25-6-11-39(12-7-25)18-22-3-9-35-10-4-22)41-14-5-23-15-26(24-17-36-38(2)19-24)27(31(33)34)16-30(23)41/h15-17,19,22,25,31,35H,3-14,18,20H2,1-2H3. The molecule has 0 unspecified atom stereocenters. The van der Waals surface area contributed by atoms with E-state index in [1.807, 2.05) is 11.0 Å². The Morgan fingerprint density at radius 2 is 1.86 bits per heavy atom. The Bertz CT molecular complexity index is 1480. The Kier molecular flexibility index (Phi) is 7.71. The Morgan fingerprint density at radius 1 is 1.07 bits per heavy atom. The molecule has 2 saturated heterocycles. The topological polar surface area (TPSA) is 74.5 Å². The van der Waals surface area contributed by atoms with Gasteiger partial charge in [0.25, 0.3) is 6.43 Å². The zero-order valence-corrected chi connectivity index (χ0v) is 25.2. The van der Waals surface area contributed by atoms with Crippen LogP contribution < -0.4 is 10.2 Å². The summed E-state index contributed by atoms with van der Waals surface area (Å²) in [6.07, 6.45) is 6.95. The number of likely N-dealkylation sites (tertiary alicyclic amines) is 1. The van der Waals surface area contributed by atoms with E-state index in [0.717, 1.165) is 80.4 Å². The van der Waals surface area contributed by atoms with Gasteiger partial charge in [-0.05, 0) is 74.4 Å². The zero-order chi connectivity index (χ0) is 29.7. The number of carbonyl (C=O) groups is 1. The van der Waals surface area contributed by atoms with Crippen LogP contribution in [-0.2, 0) is 31.2 Å². The second-order valence-corrected chi connectivity index (χ2v) is 12.8. The first-order chi connectivity index (χ1) is 20.9. The molecule has 7 rings (SSSR count). The summed E-state index contributed by atoms with van der Waals surface area (Å²) in [5.41, 5.74) is 5.36. The van der Waals surface area contributed by atoms with Crippen LogP contribution in [0.1, 0.15) is 67.5 Å². The van der Waals surface area contributed by atoms with E-state index < -0.39 is 6.43 Å². The molecule has 230 valence electrons. The summed E-state index contributed by atoms with van der Waals surface area (Å²) in [4.78, 5) is 19.1. The van der Waals surface area contributed by atoms with Crippen molar-refractivity contribution in [3.05, 3.63) is 46.9 Å². The summed E-state index contributed by atoms with van der Waals surface area (Å²) in [5.74, 6) is 1.66. The molecule has 0 spiro atoms. The number of hydrogen-bond acceptors (Lipinski definition) is 6. The molecule has 2 aromatic heterocycles. The lowest BCUT2D eigenvalue weighted by atomic mass is 9.95. The number of piperidine rings is 2. The summed E-state index contributed by atoms with van der Waals surface area (Å²) in [6.45, 7) is 9.06. The number of anilines is 2. The van der Waals surface area contributed by atoms with Gasteiger partial charge in [0.15, 0.2) is 5.82 Å². The van der Waals surface area contributed by atoms with Crippen LogP contribution in [0.15, 0.2) is 24.5 Å². The first-order valence-corrected chi connectivity index (χ1v) is 15.9. The minimum Gasteiger partial charge on any atom is -0.338 e. The van der Waals surface area contributed by atoms with E-state index in [2.05, 4.69) is 24.9 Å². The molecule has 1 N–H and O–H groups in total. The molecule has 0 bridgehead atoms. The Hall–Kier alpha value is -3.31. The van der Waals surface area contributed by atoms with Crippen LogP contribution in [0.4, 0.5) is 20.3 Å². The summed E-state index contributed by atoms with van der Waals surface area (Å²) >= 11 is 0. The lowest BCUT2D eigenvalue weighted by Gasteiger charge is -2.36. The minimum atomic E-state index is -2.61. The van der Waals surface area contributed by atoms with Crippen molar-refractivity contribution in [3.8, 4) is 11.1 Å². The van der Waals surface area contributed by atoms with Crippen LogP contribution in [0.25, 0.3) is 11.1 Å². The van der Waals surface area contributed by atoms with Gasteiger partial charge in [-0.3, -0.25) is 14.2 Å². The number of carbonyl (C=O) groups excluding carboxylic acids is 1. The SMILES string of the molecule is CC(=O)N1CCc2c(c(N3CCc4cc(-c5cnn(C)c5)c(C(F)F)cc43)nn2C2CCN(CC3CCNCC3)CC2)C1. The number of halogens is 2. The van der Waals surface area contributed by atoms with E-state index in [9.17, 15) is 13.6 Å². The van der Waals surface area contributed by atoms with E-state index in [0.29, 0.717) is 36.8 Å². The number of nitrogens with zero attached hydrogens (tertiary/aromatic N) is 7. The lowest BCUT2D eigenvalue weighted by Crippen LogP contribution is -2.41. The van der Waals surface area contributed by atoms with Crippen molar-refractivity contribution in [1.82, 2.24) is 34.7 Å². The first-order valence-electron chi connectivity index (χ1n) is 15.9. The minimum absolute atomic E-state index is 0.0124. The number of amides is 1. The second-order valence-electron chi connectivity index (χ2n) is 12.8. The first kappa shape index (κ1) is 28.5. The fourth-order valence-corrected chi connectivity index (χ4v) is 7.66. The number of aromatic nitrogens is 4. The fourth-order valence-electron chi connectivity index (χ4n) is 7.66. The molecule has 2 fully saturated rings. The number of aryl methyl sites for hydroxylation is 1. The van der Waals surface area contributed by atoms with Gasteiger partial charge in [-0.15, -0.1) is 0 Å². The highest BCUT2D eigenvalue weighted by Gasteiger charge is 2.35. The van der Waals surface area contributed by atoms with Crippen molar-refractivity contribution in [2.75, 3.05) is 50.7 Å². The summed E-state index contributed by atoms with van der Waals surface area (Å²) in [7, 11) is 1.79. The third kappa shape index (κ3) is 5.46. The molecule has 43 heavy (non-hydrogen) atoms. The van der Waals surface area contributed by atoms with Crippen molar-refractivity contribution in [1.29, 1.82) is 0 Å². The predicted molar refractivity (Wildman–Crippen MR) is 162 cm³/mol.